The van der Waals surface area contributed by atoms with Crippen LogP contribution in [-0.2, 0) is 26.2 Å². The summed E-state index contributed by atoms with van der Waals surface area (Å²) < 4.78 is 28.9. The second-order valence-electron chi connectivity index (χ2n) is 10.6. The van der Waals surface area contributed by atoms with E-state index >= 15 is 0 Å². The minimum absolute atomic E-state index is 0.0245. The number of anilines is 1. The molecule has 0 saturated heterocycles. The van der Waals surface area contributed by atoms with Gasteiger partial charge in [0.2, 0.25) is 11.8 Å². The van der Waals surface area contributed by atoms with Crippen LogP contribution >= 0.6 is 23.2 Å². The van der Waals surface area contributed by atoms with Gasteiger partial charge in [-0.3, -0.25) is 13.9 Å². The van der Waals surface area contributed by atoms with Crippen LogP contribution in [0.25, 0.3) is 0 Å². The molecule has 42 heavy (non-hydrogen) atoms. The highest BCUT2D eigenvalue weighted by atomic mass is 35.5. The monoisotopic (exact) mass is 629 g/mol. The molecule has 0 aliphatic heterocycles. The summed E-state index contributed by atoms with van der Waals surface area (Å²) in [7, 11) is -4.19. The molecule has 0 heterocycles. The minimum atomic E-state index is -4.19. The average Bonchev–Trinajstić information content (AvgIpc) is 2.99. The highest BCUT2D eigenvalue weighted by Gasteiger charge is 2.34. The molecule has 7 nitrogen and oxygen atoms in total. The maximum atomic E-state index is 14.3. The van der Waals surface area contributed by atoms with Crippen molar-refractivity contribution in [2.45, 2.75) is 75.9 Å². The molecule has 3 aromatic rings. The highest BCUT2D eigenvalue weighted by Crippen LogP contribution is 2.31. The molecule has 224 valence electrons. The van der Waals surface area contributed by atoms with Gasteiger partial charge in [0.1, 0.15) is 12.6 Å². The molecule has 1 N–H and O–H groups in total. The molecule has 4 rings (SSSR count). The molecular formula is C32H37Cl2N3O4S. The molecule has 0 radical (unpaired) electrons. The van der Waals surface area contributed by atoms with E-state index in [4.69, 9.17) is 23.2 Å². The van der Waals surface area contributed by atoms with Crippen molar-refractivity contribution in [1.82, 2.24) is 10.2 Å². The van der Waals surface area contributed by atoms with E-state index in [2.05, 4.69) is 5.32 Å². The molecule has 2 amide bonds. The van der Waals surface area contributed by atoms with Gasteiger partial charge in [-0.2, -0.15) is 0 Å². The Kier molecular flexibility index (Phi) is 10.9. The number of nitrogens with one attached hydrogen (secondary N) is 1. The Morgan fingerprint density at radius 1 is 0.929 bits per heavy atom. The summed E-state index contributed by atoms with van der Waals surface area (Å²) in [5.41, 5.74) is 2.04. The van der Waals surface area contributed by atoms with E-state index in [9.17, 15) is 18.0 Å². The lowest BCUT2D eigenvalue weighted by Crippen LogP contribution is -2.54. The van der Waals surface area contributed by atoms with E-state index in [-0.39, 0.29) is 39.1 Å². The first-order chi connectivity index (χ1) is 20.1. The zero-order valence-corrected chi connectivity index (χ0v) is 26.3. The van der Waals surface area contributed by atoms with Crippen LogP contribution in [0.4, 0.5) is 5.69 Å². The number of amides is 2. The van der Waals surface area contributed by atoms with Gasteiger partial charge in [0.05, 0.1) is 20.6 Å². The molecule has 10 heteroatoms. The number of carbonyl (C=O) groups is 2. The second kappa shape index (κ2) is 14.4. The predicted molar refractivity (Wildman–Crippen MR) is 168 cm³/mol. The summed E-state index contributed by atoms with van der Waals surface area (Å²) in [5.74, 6) is -0.729. The first-order valence-corrected chi connectivity index (χ1v) is 16.5. The number of aryl methyl sites for hydroxylation is 1. The lowest BCUT2D eigenvalue weighted by atomic mass is 9.95. The smallest absolute Gasteiger partial charge is 0.264 e. The first kappa shape index (κ1) is 31.9. The molecule has 3 aromatic carbocycles. The summed E-state index contributed by atoms with van der Waals surface area (Å²) in [5, 5.41) is 3.58. The fourth-order valence-electron chi connectivity index (χ4n) is 5.32. The molecule has 1 atom stereocenters. The summed E-state index contributed by atoms with van der Waals surface area (Å²) >= 11 is 12.4. The largest absolute Gasteiger partial charge is 0.352 e. The number of hydrogen-bond acceptors (Lipinski definition) is 4. The summed E-state index contributed by atoms with van der Waals surface area (Å²) in [6.45, 7) is 3.43. The van der Waals surface area contributed by atoms with Gasteiger partial charge in [-0.25, -0.2) is 8.42 Å². The predicted octanol–water partition coefficient (Wildman–Crippen LogP) is 6.75. The van der Waals surface area contributed by atoms with Gasteiger partial charge in [0.25, 0.3) is 10.0 Å². The zero-order valence-electron chi connectivity index (χ0n) is 23.9. The standard InChI is InChI=1S/C32H37Cl2N3O4S/c1-3-30(32(39)35-25-14-6-4-7-15-25)36(21-24-13-11-10-12-23(24)2)31(38)22-37(26-18-19-28(33)29(34)20-26)42(40,41)27-16-8-5-9-17-27/h5,8-13,16-20,25,30H,3-4,6-7,14-15,21-22H2,1-2H3,(H,35,39)/t30-/m1/s1. The van der Waals surface area contributed by atoms with E-state index in [1.54, 1.807) is 18.2 Å². The molecule has 1 saturated carbocycles. The van der Waals surface area contributed by atoms with Crippen molar-refractivity contribution in [1.29, 1.82) is 0 Å². The van der Waals surface area contributed by atoms with Crippen molar-refractivity contribution in [3.05, 3.63) is 94.0 Å². The third kappa shape index (κ3) is 7.65. The van der Waals surface area contributed by atoms with E-state index in [1.165, 1.54) is 35.2 Å². The van der Waals surface area contributed by atoms with E-state index in [0.29, 0.717) is 6.42 Å². The van der Waals surface area contributed by atoms with Gasteiger partial charge in [-0.15, -0.1) is 0 Å². The number of halogens is 2. The zero-order chi connectivity index (χ0) is 30.3. The van der Waals surface area contributed by atoms with Gasteiger partial charge in [0.15, 0.2) is 0 Å². The molecule has 1 aliphatic carbocycles. The van der Waals surface area contributed by atoms with Gasteiger partial charge < -0.3 is 10.2 Å². The average molecular weight is 631 g/mol. The van der Waals surface area contributed by atoms with E-state index < -0.39 is 28.5 Å². The van der Waals surface area contributed by atoms with Crippen LogP contribution in [0.2, 0.25) is 10.0 Å². The fourth-order valence-corrected chi connectivity index (χ4v) is 7.04. The molecule has 0 unspecified atom stereocenters. The third-order valence-corrected chi connectivity index (χ3v) is 10.3. The SMILES string of the molecule is CC[C@H](C(=O)NC1CCCCC1)N(Cc1ccccc1C)C(=O)CN(c1ccc(Cl)c(Cl)c1)S(=O)(=O)c1ccccc1. The topological polar surface area (TPSA) is 86.8 Å². The van der Waals surface area contributed by atoms with E-state index in [0.717, 1.165) is 47.5 Å². The molecule has 0 spiro atoms. The van der Waals surface area contributed by atoms with Crippen molar-refractivity contribution in [3.63, 3.8) is 0 Å². The minimum Gasteiger partial charge on any atom is -0.352 e. The summed E-state index contributed by atoms with van der Waals surface area (Å²) in [4.78, 5) is 29.4. The van der Waals surface area contributed by atoms with Gasteiger partial charge in [-0.1, -0.05) is 91.9 Å². The third-order valence-electron chi connectivity index (χ3n) is 7.74. The van der Waals surface area contributed by atoms with Crippen molar-refractivity contribution in [3.8, 4) is 0 Å². The molecule has 0 bridgehead atoms. The van der Waals surface area contributed by atoms with Crippen molar-refractivity contribution >= 4 is 50.7 Å². The van der Waals surface area contributed by atoms with Crippen LogP contribution in [0.15, 0.2) is 77.7 Å². The number of nitrogens with zero attached hydrogens (tertiary/aromatic N) is 2. The number of rotatable bonds is 11. The number of sulfonamides is 1. The maximum absolute atomic E-state index is 14.3. The van der Waals surface area contributed by atoms with Crippen LogP contribution in [0.1, 0.15) is 56.6 Å². The van der Waals surface area contributed by atoms with E-state index in [1.807, 2.05) is 38.1 Å². The number of hydrogen-bond donors (Lipinski definition) is 1. The van der Waals surface area contributed by atoms with Gasteiger partial charge in [-0.05, 0) is 67.6 Å². The summed E-state index contributed by atoms with van der Waals surface area (Å²) in [6, 6.07) is 19.3. The van der Waals surface area contributed by atoms with Crippen molar-refractivity contribution in [2.24, 2.45) is 0 Å². The molecule has 1 fully saturated rings. The Morgan fingerprint density at radius 3 is 2.24 bits per heavy atom. The molecule has 0 aromatic heterocycles. The van der Waals surface area contributed by atoms with Gasteiger partial charge >= 0.3 is 0 Å². The second-order valence-corrected chi connectivity index (χ2v) is 13.3. The summed E-state index contributed by atoms with van der Waals surface area (Å²) in [6.07, 6.45) is 5.46. The molecular weight excluding hydrogens is 593 g/mol. The fraction of sp³-hybridized carbons (Fsp3) is 0.375. The lowest BCUT2D eigenvalue weighted by Gasteiger charge is -2.34. The Hall–Kier alpha value is -3.07. The maximum Gasteiger partial charge on any atom is 0.264 e. The highest BCUT2D eigenvalue weighted by molar-refractivity contribution is 7.92. The number of carbonyl (C=O) groups excluding carboxylic acids is 2. The van der Waals surface area contributed by atoms with Gasteiger partial charge in [0, 0.05) is 12.6 Å². The van der Waals surface area contributed by atoms with Crippen LogP contribution < -0.4 is 9.62 Å². The Morgan fingerprint density at radius 2 is 1.60 bits per heavy atom. The van der Waals surface area contributed by atoms with Crippen LogP contribution in [0, 0.1) is 6.92 Å². The number of benzene rings is 3. The quantitative estimate of drug-likeness (QED) is 0.254. The van der Waals surface area contributed by atoms with Crippen LogP contribution in [0.5, 0.6) is 0 Å². The lowest BCUT2D eigenvalue weighted by molar-refractivity contribution is -0.140. The van der Waals surface area contributed by atoms with Crippen molar-refractivity contribution in [2.75, 3.05) is 10.8 Å². The Balaban J connectivity index is 1.72. The molecule has 1 aliphatic rings. The Bertz CT molecular complexity index is 1490. The van der Waals surface area contributed by atoms with Crippen molar-refractivity contribution < 1.29 is 18.0 Å². The van der Waals surface area contributed by atoms with Crippen LogP contribution in [-0.4, -0.2) is 43.8 Å². The van der Waals surface area contributed by atoms with Crippen LogP contribution in [0.3, 0.4) is 0 Å². The Labute approximate surface area is 258 Å². The first-order valence-electron chi connectivity index (χ1n) is 14.3. The normalized spacial score (nSPS) is 14.7.